The van der Waals surface area contributed by atoms with Crippen LogP contribution in [0.2, 0.25) is 5.02 Å². The first-order chi connectivity index (χ1) is 15.6. The number of ether oxygens (including phenoxy) is 4. The van der Waals surface area contributed by atoms with E-state index in [1.807, 2.05) is 0 Å². The second kappa shape index (κ2) is 9.11. The second-order valence-corrected chi connectivity index (χ2v) is 8.79. The molecule has 168 valence electrons. The molecule has 3 aromatic rings. The van der Waals surface area contributed by atoms with Gasteiger partial charge in [-0.2, -0.15) is 0 Å². The molecule has 8 nitrogen and oxygen atoms in total. The number of amides is 1. The van der Waals surface area contributed by atoms with Crippen LogP contribution >= 0.6 is 22.9 Å². The van der Waals surface area contributed by atoms with Crippen LogP contribution in [-0.4, -0.2) is 69.1 Å². The second-order valence-electron chi connectivity index (χ2n) is 7.40. The predicted octanol–water partition coefficient (Wildman–Crippen LogP) is 3.67. The van der Waals surface area contributed by atoms with Gasteiger partial charge in [-0.05, 0) is 30.3 Å². The number of morpholine rings is 1. The normalized spacial score (nSPS) is 15.8. The SMILES string of the molecule is COc1ccc(Cl)c2sc(N(CCN3CCOCC3)C(=O)c3ccc4c(c3)OCO4)nc12. The Morgan fingerprint density at radius 2 is 2.03 bits per heavy atom. The molecule has 1 fully saturated rings. The van der Waals surface area contributed by atoms with Gasteiger partial charge in [-0.15, -0.1) is 0 Å². The minimum absolute atomic E-state index is 0.157. The number of hydrogen-bond donors (Lipinski definition) is 0. The summed E-state index contributed by atoms with van der Waals surface area (Å²) >= 11 is 7.80. The van der Waals surface area contributed by atoms with Crippen molar-refractivity contribution in [1.29, 1.82) is 0 Å². The number of anilines is 1. The maximum absolute atomic E-state index is 13.6. The van der Waals surface area contributed by atoms with E-state index in [-0.39, 0.29) is 12.7 Å². The van der Waals surface area contributed by atoms with Crippen LogP contribution in [-0.2, 0) is 4.74 Å². The molecule has 32 heavy (non-hydrogen) atoms. The van der Waals surface area contributed by atoms with E-state index in [0.29, 0.717) is 64.8 Å². The average molecular weight is 476 g/mol. The lowest BCUT2D eigenvalue weighted by Crippen LogP contribution is -2.43. The van der Waals surface area contributed by atoms with Gasteiger partial charge in [0.1, 0.15) is 11.3 Å². The Bertz CT molecular complexity index is 1150. The zero-order valence-electron chi connectivity index (χ0n) is 17.5. The van der Waals surface area contributed by atoms with Crippen molar-refractivity contribution in [2.75, 3.05) is 58.2 Å². The summed E-state index contributed by atoms with van der Waals surface area (Å²) in [5.74, 6) is 1.66. The van der Waals surface area contributed by atoms with Crippen LogP contribution in [0.15, 0.2) is 30.3 Å². The van der Waals surface area contributed by atoms with Gasteiger partial charge in [0.05, 0.1) is 30.0 Å². The van der Waals surface area contributed by atoms with E-state index < -0.39 is 0 Å². The molecule has 0 bridgehead atoms. The summed E-state index contributed by atoms with van der Waals surface area (Å²) in [5, 5.41) is 1.15. The van der Waals surface area contributed by atoms with Crippen molar-refractivity contribution in [2.45, 2.75) is 0 Å². The first kappa shape index (κ1) is 21.3. The Morgan fingerprint density at radius 3 is 2.84 bits per heavy atom. The zero-order chi connectivity index (χ0) is 22.1. The molecule has 0 atom stereocenters. The van der Waals surface area contributed by atoms with Crippen LogP contribution in [0, 0.1) is 0 Å². The van der Waals surface area contributed by atoms with E-state index in [1.165, 1.54) is 11.3 Å². The first-order valence-corrected chi connectivity index (χ1v) is 11.5. The number of halogens is 1. The molecule has 0 spiro atoms. The maximum Gasteiger partial charge on any atom is 0.260 e. The lowest BCUT2D eigenvalue weighted by molar-refractivity contribution is 0.0391. The molecule has 0 aliphatic carbocycles. The third-order valence-electron chi connectivity index (χ3n) is 5.51. The molecule has 0 radical (unpaired) electrons. The third kappa shape index (κ3) is 4.09. The van der Waals surface area contributed by atoms with Crippen LogP contribution < -0.4 is 19.1 Å². The van der Waals surface area contributed by atoms with E-state index in [4.69, 9.17) is 35.5 Å². The number of carbonyl (C=O) groups is 1. The van der Waals surface area contributed by atoms with Gasteiger partial charge in [-0.25, -0.2) is 4.98 Å². The summed E-state index contributed by atoms with van der Waals surface area (Å²) in [5.41, 5.74) is 1.16. The Labute approximate surface area is 194 Å². The quantitative estimate of drug-likeness (QED) is 0.538. The molecule has 5 rings (SSSR count). The topological polar surface area (TPSA) is 73.4 Å². The molecule has 3 heterocycles. The predicted molar refractivity (Wildman–Crippen MR) is 123 cm³/mol. The fourth-order valence-corrected chi connectivity index (χ4v) is 5.04. The van der Waals surface area contributed by atoms with Gasteiger partial charge >= 0.3 is 0 Å². The molecular formula is C22H22ClN3O5S. The highest BCUT2D eigenvalue weighted by Gasteiger charge is 2.26. The molecule has 1 saturated heterocycles. The molecule has 0 unspecified atom stereocenters. The molecule has 0 N–H and O–H groups in total. The van der Waals surface area contributed by atoms with E-state index in [1.54, 1.807) is 42.3 Å². The summed E-state index contributed by atoms with van der Waals surface area (Å²) in [6.45, 7) is 4.42. The van der Waals surface area contributed by atoms with Crippen molar-refractivity contribution >= 4 is 44.2 Å². The van der Waals surface area contributed by atoms with E-state index in [0.717, 1.165) is 17.8 Å². The highest BCUT2D eigenvalue weighted by Crippen LogP contribution is 2.39. The van der Waals surface area contributed by atoms with Gasteiger partial charge in [0.15, 0.2) is 16.6 Å². The molecule has 1 amide bonds. The highest BCUT2D eigenvalue weighted by molar-refractivity contribution is 7.23. The summed E-state index contributed by atoms with van der Waals surface area (Å²) < 4.78 is 22.5. The summed E-state index contributed by atoms with van der Waals surface area (Å²) in [7, 11) is 1.59. The monoisotopic (exact) mass is 475 g/mol. The minimum Gasteiger partial charge on any atom is -0.494 e. The Balaban J connectivity index is 1.49. The molecule has 1 aromatic heterocycles. The van der Waals surface area contributed by atoms with E-state index in [2.05, 4.69) is 4.90 Å². The number of hydrogen-bond acceptors (Lipinski definition) is 8. The molecule has 10 heteroatoms. The zero-order valence-corrected chi connectivity index (χ0v) is 19.1. The summed E-state index contributed by atoms with van der Waals surface area (Å²) in [6, 6.07) is 8.79. The fraction of sp³-hybridized carbons (Fsp3) is 0.364. The van der Waals surface area contributed by atoms with Crippen molar-refractivity contribution in [3.63, 3.8) is 0 Å². The molecular weight excluding hydrogens is 454 g/mol. The number of benzene rings is 2. The minimum atomic E-state index is -0.161. The number of carbonyl (C=O) groups excluding carboxylic acids is 1. The van der Waals surface area contributed by atoms with Gasteiger partial charge in [0, 0.05) is 31.7 Å². The molecule has 2 aliphatic rings. The van der Waals surface area contributed by atoms with Gasteiger partial charge in [0.25, 0.3) is 5.91 Å². The number of methoxy groups -OCH3 is 1. The molecule has 0 saturated carbocycles. The standard InChI is InChI=1S/C22H22ClN3O5S/c1-28-17-5-3-15(23)20-19(17)24-22(32-20)26(7-6-25-8-10-29-11-9-25)21(27)14-2-4-16-18(12-14)31-13-30-16/h2-5,12H,6-11,13H2,1H3. The highest BCUT2D eigenvalue weighted by atomic mass is 35.5. The van der Waals surface area contributed by atoms with Crippen molar-refractivity contribution in [1.82, 2.24) is 9.88 Å². The maximum atomic E-state index is 13.6. The first-order valence-electron chi connectivity index (χ1n) is 10.3. The molecule has 2 aliphatic heterocycles. The lowest BCUT2D eigenvalue weighted by Gasteiger charge is -2.29. The number of fused-ring (bicyclic) bond motifs is 2. The van der Waals surface area contributed by atoms with Crippen molar-refractivity contribution in [3.8, 4) is 17.2 Å². The van der Waals surface area contributed by atoms with Gasteiger partial charge in [-0.1, -0.05) is 22.9 Å². The van der Waals surface area contributed by atoms with Gasteiger partial charge < -0.3 is 18.9 Å². The number of rotatable bonds is 6. The fourth-order valence-electron chi connectivity index (χ4n) is 3.76. The number of nitrogens with zero attached hydrogens (tertiary/aromatic N) is 3. The van der Waals surface area contributed by atoms with E-state index in [9.17, 15) is 4.79 Å². The summed E-state index contributed by atoms with van der Waals surface area (Å²) in [4.78, 5) is 22.3. The third-order valence-corrected chi connectivity index (χ3v) is 7.04. The van der Waals surface area contributed by atoms with E-state index >= 15 is 0 Å². The number of aromatic nitrogens is 1. The van der Waals surface area contributed by atoms with Crippen LogP contribution in [0.25, 0.3) is 10.2 Å². The van der Waals surface area contributed by atoms with Crippen LogP contribution in [0.5, 0.6) is 17.2 Å². The van der Waals surface area contributed by atoms with Crippen LogP contribution in [0.4, 0.5) is 5.13 Å². The Morgan fingerprint density at radius 1 is 1.22 bits per heavy atom. The Hall–Kier alpha value is -2.59. The molecule has 2 aromatic carbocycles. The Kier molecular flexibility index (Phi) is 6.05. The van der Waals surface area contributed by atoms with Crippen LogP contribution in [0.3, 0.4) is 0 Å². The van der Waals surface area contributed by atoms with Gasteiger partial charge in [-0.3, -0.25) is 14.6 Å². The number of thiazole rings is 1. The van der Waals surface area contributed by atoms with Gasteiger partial charge in [0.2, 0.25) is 6.79 Å². The average Bonchev–Trinajstić information content (AvgIpc) is 3.47. The lowest BCUT2D eigenvalue weighted by atomic mass is 10.1. The summed E-state index contributed by atoms with van der Waals surface area (Å²) in [6.07, 6.45) is 0. The van der Waals surface area contributed by atoms with Crippen molar-refractivity contribution in [2.24, 2.45) is 0 Å². The van der Waals surface area contributed by atoms with Crippen LogP contribution in [0.1, 0.15) is 10.4 Å². The largest absolute Gasteiger partial charge is 0.494 e. The smallest absolute Gasteiger partial charge is 0.260 e. The van der Waals surface area contributed by atoms with Crippen molar-refractivity contribution in [3.05, 3.63) is 40.9 Å². The van der Waals surface area contributed by atoms with Crippen molar-refractivity contribution < 1.29 is 23.7 Å².